The van der Waals surface area contributed by atoms with Crippen molar-refractivity contribution in [2.24, 2.45) is 5.73 Å². The molecule has 8 nitrogen and oxygen atoms in total. The molecule has 9 heteroatoms. The first-order valence-corrected chi connectivity index (χ1v) is 11.9. The number of carbonyl (C=O) groups is 1. The fourth-order valence-electron chi connectivity index (χ4n) is 3.58. The van der Waals surface area contributed by atoms with E-state index in [0.717, 1.165) is 28.9 Å². The van der Waals surface area contributed by atoms with Gasteiger partial charge in [0.2, 0.25) is 5.91 Å². The van der Waals surface area contributed by atoms with Gasteiger partial charge in [-0.05, 0) is 30.5 Å². The van der Waals surface area contributed by atoms with E-state index in [9.17, 15) is 13.2 Å². The second-order valence-corrected chi connectivity index (χ2v) is 8.87. The third-order valence-corrected chi connectivity index (χ3v) is 6.47. The van der Waals surface area contributed by atoms with Crippen LogP contribution in [-0.4, -0.2) is 30.5 Å². The van der Waals surface area contributed by atoms with Gasteiger partial charge in [0, 0.05) is 19.0 Å². The molecule has 32 heavy (non-hydrogen) atoms. The molecule has 1 heterocycles. The van der Waals surface area contributed by atoms with Crippen LogP contribution in [0, 0.1) is 0 Å². The van der Waals surface area contributed by atoms with E-state index in [0.29, 0.717) is 31.3 Å². The van der Waals surface area contributed by atoms with Crippen molar-refractivity contribution in [2.75, 3.05) is 6.61 Å². The lowest BCUT2D eigenvalue weighted by Gasteiger charge is -2.13. The molecule has 1 amide bonds. The van der Waals surface area contributed by atoms with Crippen molar-refractivity contribution in [3.8, 4) is 17.1 Å². The molecule has 3 N–H and O–H groups in total. The first kappa shape index (κ1) is 23.5. The van der Waals surface area contributed by atoms with Crippen LogP contribution in [-0.2, 0) is 34.3 Å². The van der Waals surface area contributed by atoms with Gasteiger partial charge in [-0.3, -0.25) is 9.36 Å². The highest BCUT2D eigenvalue weighted by molar-refractivity contribution is 7.90. The molecular formula is C23H28N4O4S. The Morgan fingerprint density at radius 3 is 2.41 bits per heavy atom. The van der Waals surface area contributed by atoms with Crippen molar-refractivity contribution in [2.45, 2.75) is 45.2 Å². The number of aryl methyl sites for hydroxylation is 1. The lowest BCUT2D eigenvalue weighted by atomic mass is 10.0. The summed E-state index contributed by atoms with van der Waals surface area (Å²) in [5, 5.41) is 0. The van der Waals surface area contributed by atoms with Crippen molar-refractivity contribution in [1.82, 2.24) is 14.3 Å². The molecule has 1 aromatic heterocycles. The van der Waals surface area contributed by atoms with E-state index in [4.69, 9.17) is 10.5 Å². The van der Waals surface area contributed by atoms with Crippen LogP contribution in [0.4, 0.5) is 0 Å². The molecule has 2 aromatic carbocycles. The Kier molecular flexibility index (Phi) is 7.32. The number of hydrogen-bond acceptors (Lipinski definition) is 6. The van der Waals surface area contributed by atoms with Crippen molar-refractivity contribution in [1.29, 1.82) is 0 Å². The van der Waals surface area contributed by atoms with Gasteiger partial charge in [-0.2, -0.15) is 4.98 Å². The molecule has 0 spiro atoms. The number of amides is 1. The molecule has 0 saturated carbocycles. The zero-order chi connectivity index (χ0) is 23.3. The summed E-state index contributed by atoms with van der Waals surface area (Å²) in [7, 11) is -3.96. The number of nitrogens with two attached hydrogens (primary N) is 1. The zero-order valence-electron chi connectivity index (χ0n) is 18.5. The summed E-state index contributed by atoms with van der Waals surface area (Å²) in [6.45, 7) is 6.50. The van der Waals surface area contributed by atoms with Crippen LogP contribution in [0.3, 0.4) is 0 Å². The smallest absolute Gasteiger partial charge is 0.297 e. The van der Waals surface area contributed by atoms with Gasteiger partial charge in [0.1, 0.15) is 0 Å². The molecule has 3 aromatic rings. The Hall–Kier alpha value is -3.17. The number of sulfonamides is 1. The second-order valence-electron chi connectivity index (χ2n) is 7.22. The van der Waals surface area contributed by atoms with Crippen LogP contribution in [0.25, 0.3) is 11.1 Å². The van der Waals surface area contributed by atoms with Crippen LogP contribution >= 0.6 is 0 Å². The molecule has 0 aliphatic rings. The van der Waals surface area contributed by atoms with Gasteiger partial charge in [0.15, 0.2) is 0 Å². The third kappa shape index (κ3) is 5.00. The van der Waals surface area contributed by atoms with Gasteiger partial charge in [0.25, 0.3) is 16.0 Å². The Bertz CT molecular complexity index is 1200. The normalized spacial score (nSPS) is 11.4. The molecule has 0 unspecified atom stereocenters. The molecule has 0 fully saturated rings. The number of carbonyl (C=O) groups excluding carboxylic acids is 1. The van der Waals surface area contributed by atoms with E-state index in [1.165, 1.54) is 13.0 Å². The standard InChI is InChI=1S/C23H28N4O4S/c1-4-20-21(14-24)27(23(25-20)31-5-2)15-17-10-12-18(13-11-17)19-8-6-7-9-22(19)32(29,30)26-16(3)28/h6-13H,4-5,14-15,24H2,1-3H3,(H,26,28). The molecule has 0 bridgehead atoms. The lowest BCUT2D eigenvalue weighted by molar-refractivity contribution is -0.117. The number of nitrogens with zero attached hydrogens (tertiary/aromatic N) is 2. The number of imidazole rings is 1. The topological polar surface area (TPSA) is 116 Å². The van der Waals surface area contributed by atoms with Crippen molar-refractivity contribution in [3.05, 3.63) is 65.5 Å². The van der Waals surface area contributed by atoms with Gasteiger partial charge >= 0.3 is 0 Å². The maximum atomic E-state index is 12.6. The summed E-state index contributed by atoms with van der Waals surface area (Å²) in [5.74, 6) is -0.636. The molecule has 170 valence electrons. The first-order valence-electron chi connectivity index (χ1n) is 10.4. The number of nitrogens with one attached hydrogen (secondary N) is 1. The summed E-state index contributed by atoms with van der Waals surface area (Å²) < 4.78 is 34.9. The molecule has 0 aliphatic carbocycles. The minimum atomic E-state index is -3.96. The van der Waals surface area contributed by atoms with Crippen molar-refractivity contribution < 1.29 is 17.9 Å². The molecule has 0 atom stereocenters. The van der Waals surface area contributed by atoms with Gasteiger partial charge in [-0.15, -0.1) is 0 Å². The van der Waals surface area contributed by atoms with Crippen LogP contribution in [0.5, 0.6) is 6.01 Å². The Morgan fingerprint density at radius 1 is 1.12 bits per heavy atom. The summed E-state index contributed by atoms with van der Waals surface area (Å²) in [5.41, 5.74) is 10.1. The van der Waals surface area contributed by atoms with Crippen molar-refractivity contribution >= 4 is 15.9 Å². The average molecular weight is 457 g/mol. The molecular weight excluding hydrogens is 428 g/mol. The highest BCUT2D eigenvalue weighted by atomic mass is 32.2. The zero-order valence-corrected chi connectivity index (χ0v) is 19.3. The van der Waals surface area contributed by atoms with E-state index in [1.807, 2.05) is 47.4 Å². The summed E-state index contributed by atoms with van der Waals surface area (Å²) in [4.78, 5) is 16.0. The van der Waals surface area contributed by atoms with Gasteiger partial charge < -0.3 is 10.5 Å². The minimum absolute atomic E-state index is 0.0502. The highest BCUT2D eigenvalue weighted by Crippen LogP contribution is 2.28. The number of aromatic nitrogens is 2. The molecule has 0 saturated heterocycles. The summed E-state index contributed by atoms with van der Waals surface area (Å²) in [6.07, 6.45) is 0.762. The predicted octanol–water partition coefficient (Wildman–Crippen LogP) is 2.84. The fraction of sp³-hybridized carbons (Fsp3) is 0.304. The van der Waals surface area contributed by atoms with E-state index in [1.54, 1.807) is 18.2 Å². The quantitative estimate of drug-likeness (QED) is 0.511. The number of benzene rings is 2. The van der Waals surface area contributed by atoms with E-state index >= 15 is 0 Å². The van der Waals surface area contributed by atoms with Crippen LogP contribution in [0.2, 0.25) is 0 Å². The Labute approximate surface area is 188 Å². The van der Waals surface area contributed by atoms with Gasteiger partial charge in [-0.25, -0.2) is 13.1 Å². The Morgan fingerprint density at radius 2 is 1.81 bits per heavy atom. The predicted molar refractivity (Wildman–Crippen MR) is 123 cm³/mol. The van der Waals surface area contributed by atoms with Crippen molar-refractivity contribution in [3.63, 3.8) is 0 Å². The monoisotopic (exact) mass is 456 g/mol. The third-order valence-electron chi connectivity index (χ3n) is 4.98. The first-order chi connectivity index (χ1) is 15.3. The SMILES string of the molecule is CCOc1nc(CC)c(CN)n1Cc1ccc(-c2ccccc2S(=O)(=O)NC(C)=O)cc1. The maximum absolute atomic E-state index is 12.6. The average Bonchev–Trinajstić information content (AvgIpc) is 3.10. The minimum Gasteiger partial charge on any atom is -0.465 e. The number of rotatable bonds is 9. The molecule has 0 radical (unpaired) electrons. The largest absolute Gasteiger partial charge is 0.465 e. The Balaban J connectivity index is 1.95. The molecule has 3 rings (SSSR count). The highest BCUT2D eigenvalue weighted by Gasteiger charge is 2.20. The number of hydrogen-bond donors (Lipinski definition) is 2. The van der Waals surface area contributed by atoms with Gasteiger partial charge in [0.05, 0.1) is 29.4 Å². The maximum Gasteiger partial charge on any atom is 0.297 e. The van der Waals surface area contributed by atoms with E-state index in [-0.39, 0.29) is 4.90 Å². The number of ether oxygens (including phenoxy) is 1. The second kappa shape index (κ2) is 9.97. The summed E-state index contributed by atoms with van der Waals surface area (Å²) >= 11 is 0. The van der Waals surface area contributed by atoms with Crippen LogP contribution in [0.1, 0.15) is 37.7 Å². The molecule has 0 aliphatic heterocycles. The lowest BCUT2D eigenvalue weighted by Crippen LogP contribution is -2.28. The van der Waals surface area contributed by atoms with Gasteiger partial charge in [-0.1, -0.05) is 49.4 Å². The van der Waals surface area contributed by atoms with E-state index in [2.05, 4.69) is 4.98 Å². The van der Waals surface area contributed by atoms with E-state index < -0.39 is 15.9 Å². The van der Waals surface area contributed by atoms with Crippen LogP contribution in [0.15, 0.2) is 53.4 Å². The fourth-order valence-corrected chi connectivity index (χ4v) is 4.80. The summed E-state index contributed by atoms with van der Waals surface area (Å²) in [6, 6.07) is 14.7. The van der Waals surface area contributed by atoms with Crippen LogP contribution < -0.4 is 15.2 Å².